The number of piperidine rings is 1. The fourth-order valence-electron chi connectivity index (χ4n) is 3.80. The fraction of sp³-hybridized carbons (Fsp3) is 0.714. The summed E-state index contributed by atoms with van der Waals surface area (Å²) in [4.78, 5) is 2.50. The van der Waals surface area contributed by atoms with Gasteiger partial charge in [-0.3, -0.25) is 0 Å². The van der Waals surface area contributed by atoms with Gasteiger partial charge in [0.2, 0.25) is 0 Å². The highest BCUT2D eigenvalue weighted by molar-refractivity contribution is 6.35. The number of nitrogens with zero attached hydrogens (tertiary/aromatic N) is 1. The summed E-state index contributed by atoms with van der Waals surface area (Å²) in [5, 5.41) is 1.10. The number of likely N-dealkylation sites (tertiary alicyclic amines) is 1. The van der Waals surface area contributed by atoms with Gasteiger partial charge in [-0.25, -0.2) is 0 Å². The maximum Gasteiger partial charge on any atom is 0.174 e. The van der Waals surface area contributed by atoms with Gasteiger partial charge < -0.3 is 19.1 Å². The standard InChI is InChI=1S/C21H31Cl2NO3/c1-15-6-5-9-24(11-15)12-17-13-26-21(4,27-17)20(2,3)14-25-19-8-7-16(22)10-18(19)23/h7-8,10,15,17H,5-6,9,11-14H2,1-4H3. The molecule has 0 saturated carbocycles. The molecule has 0 spiro atoms. The van der Waals surface area contributed by atoms with E-state index in [2.05, 4.69) is 25.7 Å². The first-order valence-electron chi connectivity index (χ1n) is 9.80. The van der Waals surface area contributed by atoms with E-state index in [0.29, 0.717) is 29.0 Å². The highest BCUT2D eigenvalue weighted by Gasteiger charge is 2.50. The van der Waals surface area contributed by atoms with Crippen molar-refractivity contribution in [1.29, 1.82) is 0 Å². The van der Waals surface area contributed by atoms with Gasteiger partial charge in [0.05, 0.1) is 29.8 Å². The predicted molar refractivity (Wildman–Crippen MR) is 110 cm³/mol. The van der Waals surface area contributed by atoms with E-state index in [1.807, 2.05) is 6.92 Å². The highest BCUT2D eigenvalue weighted by atomic mass is 35.5. The largest absolute Gasteiger partial charge is 0.491 e. The molecular weight excluding hydrogens is 385 g/mol. The SMILES string of the molecule is CC1CCCN(CC2COC(C)(C(C)(C)COc3ccc(Cl)cc3Cl)O2)C1. The molecule has 2 heterocycles. The van der Waals surface area contributed by atoms with E-state index in [4.69, 9.17) is 37.4 Å². The van der Waals surface area contributed by atoms with E-state index in [-0.39, 0.29) is 11.5 Å². The van der Waals surface area contributed by atoms with E-state index in [1.54, 1.807) is 18.2 Å². The monoisotopic (exact) mass is 415 g/mol. The zero-order valence-corrected chi connectivity index (χ0v) is 18.3. The van der Waals surface area contributed by atoms with Gasteiger partial charge in [0.15, 0.2) is 5.79 Å². The lowest BCUT2D eigenvalue weighted by molar-refractivity contribution is -0.231. The Morgan fingerprint density at radius 2 is 2.11 bits per heavy atom. The minimum atomic E-state index is -0.696. The average molecular weight is 416 g/mol. The molecule has 0 amide bonds. The van der Waals surface area contributed by atoms with Gasteiger partial charge in [0.25, 0.3) is 0 Å². The lowest BCUT2D eigenvalue weighted by Crippen LogP contribution is -2.48. The molecule has 0 N–H and O–H groups in total. The Bertz CT molecular complexity index is 654. The van der Waals surface area contributed by atoms with Crippen molar-refractivity contribution >= 4 is 23.2 Å². The summed E-state index contributed by atoms with van der Waals surface area (Å²) in [5.74, 6) is 0.689. The van der Waals surface area contributed by atoms with Crippen molar-refractivity contribution in [2.75, 3.05) is 32.8 Å². The molecule has 27 heavy (non-hydrogen) atoms. The van der Waals surface area contributed by atoms with Crippen molar-refractivity contribution in [2.45, 2.75) is 52.4 Å². The van der Waals surface area contributed by atoms with Gasteiger partial charge in [-0.05, 0) is 50.4 Å². The van der Waals surface area contributed by atoms with Crippen molar-refractivity contribution in [3.05, 3.63) is 28.2 Å². The highest BCUT2D eigenvalue weighted by Crippen LogP contribution is 2.41. The molecule has 3 rings (SSSR count). The number of halogens is 2. The van der Waals surface area contributed by atoms with Gasteiger partial charge >= 0.3 is 0 Å². The molecule has 1 aromatic rings. The van der Waals surface area contributed by atoms with Crippen LogP contribution in [0.3, 0.4) is 0 Å². The van der Waals surface area contributed by atoms with E-state index in [1.165, 1.54) is 12.8 Å². The predicted octanol–water partition coefficient (Wildman–Crippen LogP) is 5.26. The average Bonchev–Trinajstić information content (AvgIpc) is 2.97. The van der Waals surface area contributed by atoms with Crippen LogP contribution in [-0.2, 0) is 9.47 Å². The smallest absolute Gasteiger partial charge is 0.174 e. The Hall–Kier alpha value is -0.520. The van der Waals surface area contributed by atoms with Gasteiger partial charge in [0.1, 0.15) is 5.75 Å². The number of benzene rings is 1. The summed E-state index contributed by atoms with van der Waals surface area (Å²) >= 11 is 12.2. The molecule has 3 unspecified atom stereocenters. The maximum atomic E-state index is 6.39. The third-order valence-corrected chi connectivity index (χ3v) is 6.38. The van der Waals surface area contributed by atoms with E-state index >= 15 is 0 Å². The maximum absolute atomic E-state index is 6.39. The van der Waals surface area contributed by atoms with Gasteiger partial charge in [-0.2, -0.15) is 0 Å². The molecule has 1 aromatic carbocycles. The van der Waals surface area contributed by atoms with E-state index < -0.39 is 5.79 Å². The van der Waals surface area contributed by atoms with Crippen molar-refractivity contribution in [2.24, 2.45) is 11.3 Å². The Balaban J connectivity index is 1.57. The lowest BCUT2D eigenvalue weighted by atomic mass is 9.85. The Labute approximate surface area is 173 Å². The minimum Gasteiger partial charge on any atom is -0.491 e. The summed E-state index contributed by atoms with van der Waals surface area (Å²) in [7, 11) is 0. The van der Waals surface area contributed by atoms with Crippen molar-refractivity contribution in [3.8, 4) is 5.75 Å². The number of rotatable bonds is 6. The Morgan fingerprint density at radius 3 is 2.81 bits per heavy atom. The summed E-state index contributed by atoms with van der Waals surface area (Å²) in [5.41, 5.74) is -0.347. The molecule has 4 nitrogen and oxygen atoms in total. The van der Waals surface area contributed by atoms with Gasteiger partial charge in [0, 0.05) is 18.1 Å². The molecule has 6 heteroatoms. The van der Waals surface area contributed by atoms with Crippen LogP contribution in [0, 0.1) is 11.3 Å². The molecule has 152 valence electrons. The first kappa shape index (κ1) is 21.2. The number of ether oxygens (including phenoxy) is 3. The van der Waals surface area contributed by atoms with E-state index in [0.717, 1.165) is 25.6 Å². The summed E-state index contributed by atoms with van der Waals surface area (Å²) in [6.07, 6.45) is 2.69. The Morgan fingerprint density at radius 1 is 1.33 bits per heavy atom. The van der Waals surface area contributed by atoms with Crippen molar-refractivity contribution < 1.29 is 14.2 Å². The van der Waals surface area contributed by atoms with Gasteiger partial charge in [-0.1, -0.05) is 44.0 Å². The molecule has 0 aromatic heterocycles. The van der Waals surface area contributed by atoms with Crippen LogP contribution >= 0.6 is 23.2 Å². The Kier molecular flexibility index (Phi) is 6.64. The third kappa shape index (κ3) is 5.10. The second-order valence-corrected chi connectivity index (χ2v) is 9.59. The third-order valence-electron chi connectivity index (χ3n) is 5.85. The zero-order valence-electron chi connectivity index (χ0n) is 16.8. The first-order chi connectivity index (χ1) is 12.7. The van der Waals surface area contributed by atoms with Crippen LogP contribution in [0.15, 0.2) is 18.2 Å². The van der Waals surface area contributed by atoms with Crippen LogP contribution in [0.5, 0.6) is 5.75 Å². The van der Waals surface area contributed by atoms with Crippen LogP contribution in [0.2, 0.25) is 10.0 Å². The zero-order chi connectivity index (χ0) is 19.7. The summed E-state index contributed by atoms with van der Waals surface area (Å²) in [6.45, 7) is 12.8. The quantitative estimate of drug-likeness (QED) is 0.633. The fourth-order valence-corrected chi connectivity index (χ4v) is 4.27. The lowest BCUT2D eigenvalue weighted by Gasteiger charge is -2.40. The van der Waals surface area contributed by atoms with Crippen LogP contribution in [0.25, 0.3) is 0 Å². The molecule has 0 aliphatic carbocycles. The molecule has 2 fully saturated rings. The molecule has 0 radical (unpaired) electrons. The van der Waals surface area contributed by atoms with Crippen LogP contribution in [0.1, 0.15) is 40.5 Å². The van der Waals surface area contributed by atoms with Gasteiger partial charge in [-0.15, -0.1) is 0 Å². The summed E-state index contributed by atoms with van der Waals surface area (Å²) < 4.78 is 18.5. The molecular formula is C21H31Cl2NO3. The van der Waals surface area contributed by atoms with Crippen molar-refractivity contribution in [3.63, 3.8) is 0 Å². The van der Waals surface area contributed by atoms with E-state index in [9.17, 15) is 0 Å². The minimum absolute atomic E-state index is 0.0960. The second kappa shape index (κ2) is 8.46. The molecule has 2 aliphatic heterocycles. The summed E-state index contributed by atoms with van der Waals surface area (Å²) in [6, 6.07) is 5.25. The molecule has 2 saturated heterocycles. The first-order valence-corrected chi connectivity index (χ1v) is 10.6. The van der Waals surface area contributed by atoms with Crippen molar-refractivity contribution in [1.82, 2.24) is 4.90 Å². The number of hydrogen-bond acceptors (Lipinski definition) is 4. The molecule has 3 atom stereocenters. The molecule has 0 bridgehead atoms. The van der Waals surface area contributed by atoms with Crippen LogP contribution < -0.4 is 4.74 Å². The van der Waals surface area contributed by atoms with Crippen LogP contribution in [0.4, 0.5) is 0 Å². The molecule has 2 aliphatic rings. The number of hydrogen-bond donors (Lipinski definition) is 0. The second-order valence-electron chi connectivity index (χ2n) is 8.75. The van der Waals surface area contributed by atoms with Crippen LogP contribution in [-0.4, -0.2) is 49.6 Å². The topological polar surface area (TPSA) is 30.9 Å². The normalized spacial score (nSPS) is 29.9.